The molecule has 6 heteroatoms. The first-order valence-corrected chi connectivity index (χ1v) is 4.76. The molecule has 0 atom stereocenters. The minimum atomic E-state index is -1.11. The van der Waals surface area contributed by atoms with Gasteiger partial charge in [0.1, 0.15) is 10.6 Å². The van der Waals surface area contributed by atoms with Crippen LogP contribution in [-0.2, 0) is 4.79 Å². The number of carboxylic acids is 1. The Balaban J connectivity index is 2.92. The third-order valence-electron chi connectivity index (χ3n) is 1.59. The average molecular weight is 224 g/mol. The number of aromatic carboxylic acids is 1. The molecule has 0 saturated heterocycles. The third kappa shape index (κ3) is 2.54. The number of carboxylic acid groups (broad SMARTS) is 1. The maximum absolute atomic E-state index is 11.1. The maximum atomic E-state index is 11.1. The summed E-state index contributed by atoms with van der Waals surface area (Å²) >= 11 is 0.927. The van der Waals surface area contributed by atoms with Crippen LogP contribution in [0.2, 0.25) is 0 Å². The van der Waals surface area contributed by atoms with Crippen molar-refractivity contribution >= 4 is 28.4 Å². The number of hydrogen-bond acceptors (Lipinski definition) is 4. The van der Waals surface area contributed by atoms with E-state index in [1.54, 1.807) is 6.92 Å². The highest BCUT2D eigenvalue weighted by Gasteiger charge is 2.18. The summed E-state index contributed by atoms with van der Waals surface area (Å²) < 4.78 is 3.85. The molecular weight excluding hydrogens is 216 g/mol. The first-order chi connectivity index (χ1) is 7.06. The zero-order valence-electron chi connectivity index (χ0n) is 7.90. The van der Waals surface area contributed by atoms with E-state index in [1.165, 1.54) is 0 Å². The second-order valence-corrected chi connectivity index (χ2v) is 3.48. The Hall–Kier alpha value is -1.87. The van der Waals surface area contributed by atoms with Crippen molar-refractivity contribution in [2.24, 2.45) is 0 Å². The van der Waals surface area contributed by atoms with E-state index in [0.717, 1.165) is 11.5 Å². The van der Waals surface area contributed by atoms with Gasteiger partial charge in [-0.1, -0.05) is 5.92 Å². The minimum absolute atomic E-state index is 0.0189. The van der Waals surface area contributed by atoms with Crippen molar-refractivity contribution < 1.29 is 14.7 Å². The molecule has 0 unspecified atom stereocenters. The van der Waals surface area contributed by atoms with E-state index in [0.29, 0.717) is 5.69 Å². The summed E-state index contributed by atoms with van der Waals surface area (Å²) in [5.74, 6) is 0.641. The molecule has 1 aromatic heterocycles. The molecule has 0 saturated carbocycles. The molecule has 0 bridgehead atoms. The molecule has 2 N–H and O–H groups in total. The fraction of sp³-hybridized carbons (Fsp3) is 0.222. The second-order valence-electron chi connectivity index (χ2n) is 2.71. The van der Waals surface area contributed by atoms with Gasteiger partial charge >= 0.3 is 5.97 Å². The van der Waals surface area contributed by atoms with Crippen LogP contribution in [0.1, 0.15) is 22.5 Å². The van der Waals surface area contributed by atoms with Crippen LogP contribution in [0.5, 0.6) is 0 Å². The van der Waals surface area contributed by atoms with E-state index in [-0.39, 0.29) is 17.0 Å². The van der Waals surface area contributed by atoms with E-state index in [2.05, 4.69) is 15.6 Å². The van der Waals surface area contributed by atoms with Crippen molar-refractivity contribution in [3.05, 3.63) is 11.3 Å². The molecule has 0 spiro atoms. The zero-order valence-corrected chi connectivity index (χ0v) is 8.72. The molecule has 0 aliphatic heterocycles. The summed E-state index contributed by atoms with van der Waals surface area (Å²) in [5, 5.41) is 11.5. The zero-order chi connectivity index (χ0) is 11.4. The van der Waals surface area contributed by atoms with E-state index < -0.39 is 11.9 Å². The standard InChI is InChI=1S/C9H8N2O3S/c1-3-4-6(12)10-8-7(9(13)14)5(2)11-15-8/h1H,4H2,2H3,(H,10,12)(H,13,14). The number of aryl methyl sites for hydroxylation is 1. The fourth-order valence-corrected chi connectivity index (χ4v) is 1.78. The largest absolute Gasteiger partial charge is 0.478 e. The fourth-order valence-electron chi connectivity index (χ4n) is 0.970. The highest BCUT2D eigenvalue weighted by molar-refractivity contribution is 7.11. The average Bonchev–Trinajstić information content (AvgIpc) is 2.47. The van der Waals surface area contributed by atoms with Crippen molar-refractivity contribution in [3.63, 3.8) is 0 Å². The first-order valence-electron chi connectivity index (χ1n) is 3.99. The quantitative estimate of drug-likeness (QED) is 0.754. The van der Waals surface area contributed by atoms with Crippen LogP contribution in [0, 0.1) is 19.3 Å². The van der Waals surface area contributed by atoms with Crippen molar-refractivity contribution in [2.75, 3.05) is 5.32 Å². The second kappa shape index (κ2) is 4.57. The lowest BCUT2D eigenvalue weighted by Gasteiger charge is -2.00. The van der Waals surface area contributed by atoms with Crippen LogP contribution >= 0.6 is 11.5 Å². The maximum Gasteiger partial charge on any atom is 0.340 e. The van der Waals surface area contributed by atoms with Crippen molar-refractivity contribution in [1.82, 2.24) is 4.37 Å². The van der Waals surface area contributed by atoms with Gasteiger partial charge in [0.2, 0.25) is 5.91 Å². The van der Waals surface area contributed by atoms with Crippen LogP contribution in [0.25, 0.3) is 0 Å². The Labute approximate surface area is 90.3 Å². The molecule has 1 heterocycles. The number of aromatic nitrogens is 1. The summed E-state index contributed by atoms with van der Waals surface area (Å²) in [6.45, 7) is 1.57. The number of carbonyl (C=O) groups is 2. The lowest BCUT2D eigenvalue weighted by atomic mass is 10.2. The predicted molar refractivity (Wildman–Crippen MR) is 55.9 cm³/mol. The van der Waals surface area contributed by atoms with Crippen molar-refractivity contribution in [1.29, 1.82) is 0 Å². The first kappa shape index (κ1) is 11.2. The van der Waals surface area contributed by atoms with Crippen molar-refractivity contribution in [3.8, 4) is 12.3 Å². The molecule has 1 rings (SSSR count). The molecule has 15 heavy (non-hydrogen) atoms. The Morgan fingerprint density at radius 1 is 1.67 bits per heavy atom. The van der Waals surface area contributed by atoms with Gasteiger partial charge in [0.05, 0.1) is 12.1 Å². The molecule has 1 amide bonds. The van der Waals surface area contributed by atoms with E-state index in [9.17, 15) is 9.59 Å². The van der Waals surface area contributed by atoms with Gasteiger partial charge in [-0.05, 0) is 18.5 Å². The van der Waals surface area contributed by atoms with Gasteiger partial charge in [-0.25, -0.2) is 4.79 Å². The van der Waals surface area contributed by atoms with E-state index in [1.807, 2.05) is 0 Å². The number of terminal acetylenes is 1. The Morgan fingerprint density at radius 2 is 2.33 bits per heavy atom. The number of anilines is 1. The summed E-state index contributed by atoms with van der Waals surface area (Å²) in [5.41, 5.74) is 0.397. The van der Waals surface area contributed by atoms with Gasteiger partial charge in [-0.15, -0.1) is 6.42 Å². The number of amides is 1. The molecule has 0 aliphatic rings. The summed E-state index contributed by atoms with van der Waals surface area (Å²) in [4.78, 5) is 21.9. The molecular formula is C9H8N2O3S. The number of nitrogens with one attached hydrogen (secondary N) is 1. The van der Waals surface area contributed by atoms with Gasteiger partial charge in [-0.3, -0.25) is 4.79 Å². The third-order valence-corrected chi connectivity index (χ3v) is 2.45. The normalized spacial score (nSPS) is 9.33. The predicted octanol–water partition coefficient (Wildman–Crippen LogP) is 1.11. The Bertz CT molecular complexity index is 445. The number of carbonyl (C=O) groups excluding carboxylic acids is 1. The molecule has 78 valence electrons. The summed E-state index contributed by atoms with van der Waals surface area (Å²) in [7, 11) is 0. The molecule has 0 radical (unpaired) electrons. The lowest BCUT2D eigenvalue weighted by Crippen LogP contribution is -2.12. The van der Waals surface area contributed by atoms with Gasteiger partial charge in [-0.2, -0.15) is 4.37 Å². The highest BCUT2D eigenvalue weighted by Crippen LogP contribution is 2.24. The van der Waals surface area contributed by atoms with E-state index >= 15 is 0 Å². The lowest BCUT2D eigenvalue weighted by molar-refractivity contribution is -0.115. The molecule has 0 fully saturated rings. The number of hydrogen-bond donors (Lipinski definition) is 2. The smallest absolute Gasteiger partial charge is 0.340 e. The number of rotatable bonds is 3. The Morgan fingerprint density at radius 3 is 2.87 bits per heavy atom. The molecule has 5 nitrogen and oxygen atoms in total. The van der Waals surface area contributed by atoms with Gasteiger partial charge < -0.3 is 10.4 Å². The minimum Gasteiger partial charge on any atom is -0.478 e. The molecule has 0 aromatic carbocycles. The SMILES string of the molecule is C#CCC(=O)Nc1snc(C)c1C(=O)O. The summed E-state index contributed by atoms with van der Waals surface area (Å²) in [6, 6.07) is 0. The topological polar surface area (TPSA) is 79.3 Å². The number of nitrogens with zero attached hydrogens (tertiary/aromatic N) is 1. The van der Waals surface area contributed by atoms with Crippen LogP contribution < -0.4 is 5.32 Å². The summed E-state index contributed by atoms with van der Waals surface area (Å²) in [6.07, 6.45) is 4.86. The molecule has 1 aromatic rings. The Kier molecular flexibility index (Phi) is 3.42. The van der Waals surface area contributed by atoms with Crippen molar-refractivity contribution in [2.45, 2.75) is 13.3 Å². The monoisotopic (exact) mass is 224 g/mol. The van der Waals surface area contributed by atoms with E-state index in [4.69, 9.17) is 11.5 Å². The van der Waals surface area contributed by atoms with Crippen LogP contribution in [0.15, 0.2) is 0 Å². The molecule has 0 aliphatic carbocycles. The van der Waals surface area contributed by atoms with Crippen LogP contribution in [0.3, 0.4) is 0 Å². The highest BCUT2D eigenvalue weighted by atomic mass is 32.1. The van der Waals surface area contributed by atoms with Gasteiger partial charge in [0.15, 0.2) is 0 Å². The van der Waals surface area contributed by atoms with Gasteiger partial charge in [0.25, 0.3) is 0 Å². The van der Waals surface area contributed by atoms with Crippen LogP contribution in [0.4, 0.5) is 5.00 Å². The van der Waals surface area contributed by atoms with Gasteiger partial charge in [0, 0.05) is 0 Å². The van der Waals surface area contributed by atoms with Crippen LogP contribution in [-0.4, -0.2) is 21.4 Å².